The molecule has 1 aliphatic carbocycles. The van der Waals surface area contributed by atoms with E-state index in [1.807, 2.05) is 0 Å². The fourth-order valence-corrected chi connectivity index (χ4v) is 4.17. The summed E-state index contributed by atoms with van der Waals surface area (Å²) in [4.78, 5) is 0. The van der Waals surface area contributed by atoms with E-state index in [0.717, 1.165) is 48.6 Å². The highest BCUT2D eigenvalue weighted by atomic mass is 19.4. The van der Waals surface area contributed by atoms with Crippen LogP contribution >= 0.6 is 0 Å². The molecule has 0 radical (unpaired) electrons. The Balaban J connectivity index is 1.63. The smallest absolute Gasteiger partial charge is 0.206 e. The number of hydrogen-bond donors (Lipinski definition) is 0. The Morgan fingerprint density at radius 1 is 0.743 bits per heavy atom. The van der Waals surface area contributed by atoms with Gasteiger partial charge in [-0.05, 0) is 77.8 Å². The highest BCUT2D eigenvalue weighted by Crippen LogP contribution is 2.35. The molecule has 0 heterocycles. The van der Waals surface area contributed by atoms with Crippen molar-refractivity contribution >= 4 is 11.6 Å². The third kappa shape index (κ3) is 5.66. The van der Waals surface area contributed by atoms with Gasteiger partial charge < -0.3 is 0 Å². The van der Waals surface area contributed by atoms with Gasteiger partial charge >= 0.3 is 6.18 Å². The average Bonchev–Trinajstić information content (AvgIpc) is 2.78. The molecule has 1 atom stereocenters. The molecule has 1 unspecified atom stereocenters. The number of allylic oxidation sites excluding steroid dienone is 3. The van der Waals surface area contributed by atoms with Crippen LogP contribution in [0.2, 0.25) is 0 Å². The van der Waals surface area contributed by atoms with Crippen LogP contribution in [-0.2, 0) is 0 Å². The minimum absolute atomic E-state index is 0.170. The number of halogens is 7. The van der Waals surface area contributed by atoms with Gasteiger partial charge in [-0.3, -0.25) is 0 Å². The molecule has 0 fully saturated rings. The third-order valence-corrected chi connectivity index (χ3v) is 6.12. The Kier molecular flexibility index (Phi) is 6.88. The van der Waals surface area contributed by atoms with E-state index in [4.69, 9.17) is 0 Å². The van der Waals surface area contributed by atoms with Crippen LogP contribution in [-0.4, -0.2) is 6.18 Å². The van der Waals surface area contributed by atoms with E-state index in [1.54, 1.807) is 12.1 Å². The summed E-state index contributed by atoms with van der Waals surface area (Å²) in [6.07, 6.45) is 0.202. The Hall–Kier alpha value is -3.35. The summed E-state index contributed by atoms with van der Waals surface area (Å²) in [7, 11) is 0. The van der Waals surface area contributed by atoms with E-state index in [1.165, 1.54) is 18.2 Å². The molecule has 3 aromatic carbocycles. The molecule has 0 spiro atoms. The molecule has 0 saturated carbocycles. The summed E-state index contributed by atoms with van der Waals surface area (Å²) in [5, 5.41) is 0. The number of rotatable bonds is 4. The highest BCUT2D eigenvalue weighted by molar-refractivity contribution is 5.74. The van der Waals surface area contributed by atoms with Crippen molar-refractivity contribution in [3.05, 3.63) is 95.1 Å². The lowest BCUT2D eigenvalue weighted by molar-refractivity contribution is -0.0790. The van der Waals surface area contributed by atoms with Crippen molar-refractivity contribution < 1.29 is 30.7 Å². The van der Waals surface area contributed by atoms with Crippen LogP contribution < -0.4 is 0 Å². The molecule has 4 rings (SSSR count). The molecule has 0 bridgehead atoms. The zero-order chi connectivity index (χ0) is 25.3. The van der Waals surface area contributed by atoms with Crippen LogP contribution in [0.15, 0.2) is 60.7 Å². The van der Waals surface area contributed by atoms with E-state index in [2.05, 4.69) is 13.0 Å². The molecular formula is C28H21F7. The van der Waals surface area contributed by atoms with Gasteiger partial charge in [-0.2, -0.15) is 13.2 Å². The molecule has 0 saturated heterocycles. The quantitative estimate of drug-likeness (QED) is 0.320. The third-order valence-electron chi connectivity index (χ3n) is 6.12. The van der Waals surface area contributed by atoms with E-state index < -0.39 is 35.0 Å². The molecule has 182 valence electrons. The molecular weight excluding hydrogens is 469 g/mol. The summed E-state index contributed by atoms with van der Waals surface area (Å²) in [6.45, 7) is 2.16. The van der Waals surface area contributed by atoms with E-state index >= 15 is 0 Å². The van der Waals surface area contributed by atoms with Crippen LogP contribution in [0.25, 0.3) is 33.9 Å². The monoisotopic (exact) mass is 490 g/mol. The molecule has 0 N–H and O–H groups in total. The second-order valence-electron chi connectivity index (χ2n) is 8.73. The van der Waals surface area contributed by atoms with Crippen LogP contribution in [0.5, 0.6) is 0 Å². The zero-order valence-electron chi connectivity index (χ0n) is 18.7. The van der Waals surface area contributed by atoms with Gasteiger partial charge in [0.1, 0.15) is 23.3 Å². The van der Waals surface area contributed by atoms with Crippen molar-refractivity contribution in [2.24, 2.45) is 5.92 Å². The minimum Gasteiger partial charge on any atom is -0.206 e. The molecule has 7 heteroatoms. The number of alkyl halides is 3. The standard InChI is InChI=1S/C28H21F7/c1-16-2-4-17(5-3-16)18-6-8-21(24(29)12-18)19-7-9-22(25(30)13-19)20-14-26(31)23(27(32)15-20)10-11-28(33,34)35/h4,6-16H,2-3,5H2,1H3/b11-10+. The van der Waals surface area contributed by atoms with Gasteiger partial charge in [-0.15, -0.1) is 0 Å². The average molecular weight is 490 g/mol. The summed E-state index contributed by atoms with van der Waals surface area (Å²) in [6, 6.07) is 10.0. The van der Waals surface area contributed by atoms with Gasteiger partial charge in [0.15, 0.2) is 0 Å². The SMILES string of the molecule is CC1CC=C(c2ccc(-c3ccc(-c4cc(F)c(/C=C/C(F)(F)F)c(F)c4)c(F)c3)c(F)c2)CC1. The van der Waals surface area contributed by atoms with Crippen LogP contribution in [0.1, 0.15) is 37.3 Å². The topological polar surface area (TPSA) is 0 Å². The second kappa shape index (κ2) is 9.72. The van der Waals surface area contributed by atoms with Gasteiger partial charge in [-0.25, -0.2) is 17.6 Å². The molecule has 35 heavy (non-hydrogen) atoms. The lowest BCUT2D eigenvalue weighted by Crippen LogP contribution is -2.01. The van der Waals surface area contributed by atoms with E-state index in [9.17, 15) is 30.7 Å². The minimum atomic E-state index is -4.74. The van der Waals surface area contributed by atoms with Crippen molar-refractivity contribution in [1.29, 1.82) is 0 Å². The first-order valence-corrected chi connectivity index (χ1v) is 11.1. The Bertz CT molecular complexity index is 1290. The van der Waals surface area contributed by atoms with E-state index in [-0.39, 0.29) is 34.4 Å². The molecule has 0 aliphatic heterocycles. The van der Waals surface area contributed by atoms with Gasteiger partial charge in [0.2, 0.25) is 0 Å². The van der Waals surface area contributed by atoms with Gasteiger partial charge in [0.25, 0.3) is 0 Å². The maximum Gasteiger partial charge on any atom is 0.409 e. The lowest BCUT2D eigenvalue weighted by Gasteiger charge is -2.19. The normalized spacial score (nSPS) is 16.6. The van der Waals surface area contributed by atoms with Crippen molar-refractivity contribution in [3.8, 4) is 22.3 Å². The molecule has 0 amide bonds. The largest absolute Gasteiger partial charge is 0.409 e. The Morgan fingerprint density at radius 2 is 1.29 bits per heavy atom. The fraction of sp³-hybridized carbons (Fsp3) is 0.214. The highest BCUT2D eigenvalue weighted by Gasteiger charge is 2.23. The summed E-state index contributed by atoms with van der Waals surface area (Å²) in [5.41, 5.74) is 1.03. The first kappa shape index (κ1) is 24.8. The van der Waals surface area contributed by atoms with Crippen molar-refractivity contribution in [2.45, 2.75) is 32.4 Å². The number of benzene rings is 3. The first-order chi connectivity index (χ1) is 16.5. The fourth-order valence-electron chi connectivity index (χ4n) is 4.17. The first-order valence-electron chi connectivity index (χ1n) is 11.1. The van der Waals surface area contributed by atoms with Gasteiger partial charge in [-0.1, -0.05) is 37.3 Å². The predicted octanol–water partition coefficient (Wildman–Crippen LogP) is 9.36. The summed E-state index contributed by atoms with van der Waals surface area (Å²) >= 11 is 0. The van der Waals surface area contributed by atoms with Crippen LogP contribution in [0.3, 0.4) is 0 Å². The van der Waals surface area contributed by atoms with E-state index in [0.29, 0.717) is 5.92 Å². The van der Waals surface area contributed by atoms with Crippen molar-refractivity contribution in [2.75, 3.05) is 0 Å². The summed E-state index contributed by atoms with van der Waals surface area (Å²) in [5.74, 6) is -3.31. The summed E-state index contributed by atoms with van der Waals surface area (Å²) < 4.78 is 95.3. The van der Waals surface area contributed by atoms with Gasteiger partial charge in [0.05, 0.1) is 0 Å². The maximum absolute atomic E-state index is 14.9. The van der Waals surface area contributed by atoms with Crippen LogP contribution in [0.4, 0.5) is 30.7 Å². The molecule has 0 aromatic heterocycles. The van der Waals surface area contributed by atoms with Crippen molar-refractivity contribution in [3.63, 3.8) is 0 Å². The second-order valence-corrected chi connectivity index (χ2v) is 8.73. The maximum atomic E-state index is 14.9. The molecule has 0 nitrogen and oxygen atoms in total. The lowest BCUT2D eigenvalue weighted by atomic mass is 9.87. The predicted molar refractivity (Wildman–Crippen MR) is 123 cm³/mol. The van der Waals surface area contributed by atoms with Crippen molar-refractivity contribution in [1.82, 2.24) is 0 Å². The number of hydrogen-bond acceptors (Lipinski definition) is 0. The zero-order valence-corrected chi connectivity index (χ0v) is 18.7. The van der Waals surface area contributed by atoms with Crippen LogP contribution in [0, 0.1) is 29.2 Å². The molecule has 3 aromatic rings. The molecule has 1 aliphatic rings. The Morgan fingerprint density at radius 3 is 1.83 bits per heavy atom. The van der Waals surface area contributed by atoms with Gasteiger partial charge in [0, 0.05) is 22.8 Å². The Labute approximate surface area is 198 Å².